The van der Waals surface area contributed by atoms with Crippen LogP contribution in [-0.4, -0.2) is 64.8 Å². The van der Waals surface area contributed by atoms with Crippen LogP contribution in [0.15, 0.2) is 42.6 Å². The van der Waals surface area contributed by atoms with E-state index in [4.69, 9.17) is 11.6 Å². The lowest BCUT2D eigenvalue weighted by molar-refractivity contribution is 0.0739. The van der Waals surface area contributed by atoms with Crippen LogP contribution in [0.3, 0.4) is 0 Å². The monoisotopic (exact) mass is 456 g/mol. The minimum atomic E-state index is 0.0375. The van der Waals surface area contributed by atoms with Gasteiger partial charge in [-0.25, -0.2) is 0 Å². The standard InChI is InChI=1S/C22H25ClN6OS/c23-17-6-8-18(9-7-17)26-13-15-27(16-14-26)20(30)19-5-4-12-29(19)22-25-24-21(31-22)28-10-2-1-3-11-28/h4-9,12H,1-3,10-11,13-16H2. The Hall–Kier alpha value is -2.58. The van der Waals surface area contributed by atoms with Crippen molar-refractivity contribution in [3.8, 4) is 5.13 Å². The number of carbonyl (C=O) groups excluding carboxylic acids is 1. The third kappa shape index (κ3) is 4.27. The van der Waals surface area contributed by atoms with Crippen LogP contribution in [0.25, 0.3) is 5.13 Å². The average molecular weight is 457 g/mol. The summed E-state index contributed by atoms with van der Waals surface area (Å²) in [5.74, 6) is 0.0375. The number of carbonyl (C=O) groups is 1. The van der Waals surface area contributed by atoms with Crippen LogP contribution in [0.4, 0.5) is 10.8 Å². The number of aromatic nitrogens is 3. The number of anilines is 2. The smallest absolute Gasteiger partial charge is 0.271 e. The van der Waals surface area contributed by atoms with Gasteiger partial charge in [-0.2, -0.15) is 0 Å². The van der Waals surface area contributed by atoms with E-state index < -0.39 is 0 Å². The summed E-state index contributed by atoms with van der Waals surface area (Å²) in [6.45, 7) is 5.02. The van der Waals surface area contributed by atoms with Gasteiger partial charge in [-0.3, -0.25) is 9.36 Å². The van der Waals surface area contributed by atoms with E-state index in [0.717, 1.165) is 47.2 Å². The summed E-state index contributed by atoms with van der Waals surface area (Å²) in [4.78, 5) is 19.8. The fourth-order valence-electron chi connectivity index (χ4n) is 4.22. The number of hydrogen-bond acceptors (Lipinski definition) is 6. The van der Waals surface area contributed by atoms with Gasteiger partial charge in [-0.1, -0.05) is 22.9 Å². The molecule has 2 saturated heterocycles. The average Bonchev–Trinajstić information content (AvgIpc) is 3.50. The zero-order valence-electron chi connectivity index (χ0n) is 17.3. The van der Waals surface area contributed by atoms with Gasteiger partial charge in [-0.15, -0.1) is 10.2 Å². The summed E-state index contributed by atoms with van der Waals surface area (Å²) >= 11 is 7.55. The van der Waals surface area contributed by atoms with Gasteiger partial charge in [0.2, 0.25) is 10.3 Å². The molecule has 2 aliphatic rings. The Labute approximate surface area is 190 Å². The lowest BCUT2D eigenvalue weighted by atomic mass is 10.1. The number of amides is 1. The Bertz CT molecular complexity index is 1030. The van der Waals surface area contributed by atoms with Gasteiger partial charge < -0.3 is 14.7 Å². The molecule has 0 N–H and O–H groups in total. The molecule has 4 heterocycles. The van der Waals surface area contributed by atoms with Crippen LogP contribution in [0.2, 0.25) is 5.02 Å². The minimum Gasteiger partial charge on any atom is -0.368 e. The summed E-state index contributed by atoms with van der Waals surface area (Å²) in [5.41, 5.74) is 1.78. The molecule has 0 unspecified atom stereocenters. The lowest BCUT2D eigenvalue weighted by Gasteiger charge is -2.36. The predicted molar refractivity (Wildman–Crippen MR) is 125 cm³/mol. The van der Waals surface area contributed by atoms with Crippen LogP contribution in [0, 0.1) is 0 Å². The first-order valence-electron chi connectivity index (χ1n) is 10.7. The highest BCUT2D eigenvalue weighted by molar-refractivity contribution is 7.17. The normalized spacial score (nSPS) is 17.3. The number of piperidine rings is 1. The topological polar surface area (TPSA) is 57.5 Å². The number of benzene rings is 1. The SMILES string of the molecule is O=C(c1cccn1-c1nnc(N2CCCCC2)s1)N1CCN(c2ccc(Cl)cc2)CC1. The van der Waals surface area contributed by atoms with E-state index in [1.54, 1.807) is 11.3 Å². The minimum absolute atomic E-state index is 0.0375. The van der Waals surface area contributed by atoms with Crippen LogP contribution in [0.1, 0.15) is 29.8 Å². The second-order valence-electron chi connectivity index (χ2n) is 7.93. The van der Waals surface area contributed by atoms with E-state index in [1.807, 2.05) is 52.1 Å². The maximum absolute atomic E-state index is 13.3. The van der Waals surface area contributed by atoms with Crippen molar-refractivity contribution in [3.05, 3.63) is 53.3 Å². The summed E-state index contributed by atoms with van der Waals surface area (Å²) < 4.78 is 1.87. The summed E-state index contributed by atoms with van der Waals surface area (Å²) in [7, 11) is 0. The molecule has 0 atom stereocenters. The number of piperazine rings is 1. The second-order valence-corrected chi connectivity index (χ2v) is 9.30. The highest BCUT2D eigenvalue weighted by Gasteiger charge is 2.25. The predicted octanol–water partition coefficient (Wildman–Crippen LogP) is 3.93. The first-order valence-corrected chi connectivity index (χ1v) is 11.9. The Balaban J connectivity index is 1.27. The Morgan fingerprint density at radius 3 is 2.29 bits per heavy atom. The van der Waals surface area contributed by atoms with Gasteiger partial charge >= 0.3 is 0 Å². The molecule has 3 aromatic rings. The molecule has 0 bridgehead atoms. The van der Waals surface area contributed by atoms with Crippen LogP contribution in [0.5, 0.6) is 0 Å². The van der Waals surface area contributed by atoms with Crippen molar-refractivity contribution in [1.82, 2.24) is 19.7 Å². The van der Waals surface area contributed by atoms with Crippen molar-refractivity contribution in [3.63, 3.8) is 0 Å². The first kappa shape index (κ1) is 20.3. The second kappa shape index (κ2) is 8.88. The van der Waals surface area contributed by atoms with Gasteiger partial charge in [0, 0.05) is 56.2 Å². The van der Waals surface area contributed by atoms with E-state index in [0.29, 0.717) is 18.8 Å². The Kier molecular flexibility index (Phi) is 5.82. The molecule has 7 nitrogen and oxygen atoms in total. The van der Waals surface area contributed by atoms with E-state index in [9.17, 15) is 4.79 Å². The molecule has 9 heteroatoms. The van der Waals surface area contributed by atoms with Crippen molar-refractivity contribution in [2.75, 3.05) is 49.1 Å². The Morgan fingerprint density at radius 1 is 0.839 bits per heavy atom. The molecule has 1 amide bonds. The van der Waals surface area contributed by atoms with Gasteiger partial charge in [0.15, 0.2) is 0 Å². The molecule has 162 valence electrons. The molecule has 31 heavy (non-hydrogen) atoms. The molecular formula is C22H25ClN6OS. The number of halogens is 1. The number of nitrogens with zero attached hydrogens (tertiary/aromatic N) is 6. The fraction of sp³-hybridized carbons (Fsp3) is 0.409. The highest BCUT2D eigenvalue weighted by atomic mass is 35.5. The van der Waals surface area contributed by atoms with Crippen molar-refractivity contribution in [1.29, 1.82) is 0 Å². The summed E-state index contributed by atoms with van der Waals surface area (Å²) in [6, 6.07) is 11.6. The third-order valence-corrected chi connectivity index (χ3v) is 7.20. The number of rotatable bonds is 4. The van der Waals surface area contributed by atoms with Crippen LogP contribution in [-0.2, 0) is 0 Å². The van der Waals surface area contributed by atoms with Crippen molar-refractivity contribution in [2.45, 2.75) is 19.3 Å². The molecule has 0 saturated carbocycles. The van der Waals surface area contributed by atoms with E-state index >= 15 is 0 Å². The van der Waals surface area contributed by atoms with Gasteiger partial charge in [-0.05, 0) is 55.7 Å². The summed E-state index contributed by atoms with van der Waals surface area (Å²) in [5, 5.41) is 11.2. The van der Waals surface area contributed by atoms with Crippen molar-refractivity contribution < 1.29 is 4.79 Å². The largest absolute Gasteiger partial charge is 0.368 e. The van der Waals surface area contributed by atoms with Crippen LogP contribution >= 0.6 is 22.9 Å². The quantitative estimate of drug-likeness (QED) is 0.595. The molecule has 0 radical (unpaired) electrons. The molecule has 2 aliphatic heterocycles. The molecular weight excluding hydrogens is 432 g/mol. The zero-order chi connectivity index (χ0) is 21.2. The first-order chi connectivity index (χ1) is 15.2. The van der Waals surface area contributed by atoms with Gasteiger partial charge in [0.05, 0.1) is 0 Å². The molecule has 5 rings (SSSR count). The number of hydrogen-bond donors (Lipinski definition) is 0. The van der Waals surface area contributed by atoms with Crippen molar-refractivity contribution >= 4 is 39.7 Å². The van der Waals surface area contributed by atoms with Gasteiger partial charge in [0.1, 0.15) is 5.69 Å². The van der Waals surface area contributed by atoms with E-state index in [-0.39, 0.29) is 5.91 Å². The van der Waals surface area contributed by atoms with Crippen molar-refractivity contribution in [2.24, 2.45) is 0 Å². The van der Waals surface area contributed by atoms with E-state index in [1.165, 1.54) is 19.3 Å². The molecule has 2 aromatic heterocycles. The molecule has 0 spiro atoms. The maximum Gasteiger partial charge on any atom is 0.271 e. The zero-order valence-corrected chi connectivity index (χ0v) is 18.9. The summed E-state index contributed by atoms with van der Waals surface area (Å²) in [6.07, 6.45) is 5.58. The Morgan fingerprint density at radius 2 is 1.55 bits per heavy atom. The lowest BCUT2D eigenvalue weighted by Crippen LogP contribution is -2.49. The van der Waals surface area contributed by atoms with Gasteiger partial charge in [0.25, 0.3) is 5.91 Å². The van der Waals surface area contributed by atoms with E-state index in [2.05, 4.69) is 20.0 Å². The van der Waals surface area contributed by atoms with Crippen LogP contribution < -0.4 is 9.80 Å². The molecule has 0 aliphatic carbocycles. The third-order valence-electron chi connectivity index (χ3n) is 5.96. The molecule has 2 fully saturated rings. The maximum atomic E-state index is 13.3. The fourth-order valence-corrected chi connectivity index (χ4v) is 5.24. The highest BCUT2D eigenvalue weighted by Crippen LogP contribution is 2.27. The molecule has 1 aromatic carbocycles.